The smallest absolute Gasteiger partial charge is 0.406 e. The number of amides is 1. The molecule has 0 spiro atoms. The average molecular weight is 614 g/mol. The zero-order valence-corrected chi connectivity index (χ0v) is 23.8. The molecule has 224 valence electrons. The maximum absolute atomic E-state index is 14.5. The number of anilines is 3. The van der Waals surface area contributed by atoms with E-state index >= 15 is 0 Å². The Labute approximate surface area is 249 Å². The first kappa shape index (κ1) is 30.3. The van der Waals surface area contributed by atoms with Crippen molar-refractivity contribution < 1.29 is 31.8 Å². The van der Waals surface area contributed by atoms with E-state index in [-0.39, 0.29) is 17.4 Å². The predicted octanol–water partition coefficient (Wildman–Crippen LogP) is 6.73. The molecule has 1 saturated heterocycles. The number of nitrogens with one attached hydrogen (secondary N) is 2. The molecule has 1 fully saturated rings. The Morgan fingerprint density at radius 2 is 1.77 bits per heavy atom. The third kappa shape index (κ3) is 8.21. The fraction of sp³-hybridized carbons (Fsp3) is 0.233. The molecule has 0 radical (unpaired) electrons. The summed E-state index contributed by atoms with van der Waals surface area (Å²) >= 11 is 1.39. The standard InChI is InChI=1S/C30H27F4N5O3S/c1-43-26-17-35-29(38-27(26)20-5-9-23(10-6-20)42-30(32,33)34)36-22-7-3-21(4-8-22)28(40)37-25-16-19(2-11-24(25)31)18-39-12-14-41-15-13-39/h2-11,16-17H,12-15,18H2,1H3,(H,37,40)(H,35,36,38). The fourth-order valence-electron chi connectivity index (χ4n) is 4.41. The number of carbonyl (C=O) groups is 1. The van der Waals surface area contributed by atoms with E-state index in [9.17, 15) is 22.4 Å². The lowest BCUT2D eigenvalue weighted by Gasteiger charge is -2.26. The van der Waals surface area contributed by atoms with Gasteiger partial charge in [0.15, 0.2) is 0 Å². The molecule has 0 bridgehead atoms. The summed E-state index contributed by atoms with van der Waals surface area (Å²) in [4.78, 5) is 24.7. The van der Waals surface area contributed by atoms with Gasteiger partial charge in [0, 0.05) is 42.6 Å². The van der Waals surface area contributed by atoms with Crippen molar-refractivity contribution in [3.63, 3.8) is 0 Å². The first-order valence-electron chi connectivity index (χ1n) is 13.2. The highest BCUT2D eigenvalue weighted by Crippen LogP contribution is 2.32. The van der Waals surface area contributed by atoms with Gasteiger partial charge < -0.3 is 20.1 Å². The van der Waals surface area contributed by atoms with Gasteiger partial charge in [-0.3, -0.25) is 9.69 Å². The van der Waals surface area contributed by atoms with Crippen LogP contribution in [-0.2, 0) is 11.3 Å². The van der Waals surface area contributed by atoms with Crippen molar-refractivity contribution >= 4 is 35.0 Å². The lowest BCUT2D eigenvalue weighted by Crippen LogP contribution is -2.35. The van der Waals surface area contributed by atoms with Crippen molar-refractivity contribution in [3.05, 3.63) is 89.9 Å². The molecule has 0 unspecified atom stereocenters. The maximum atomic E-state index is 14.5. The van der Waals surface area contributed by atoms with Crippen LogP contribution in [0, 0.1) is 5.82 Å². The molecule has 3 aromatic carbocycles. The number of hydrogen-bond donors (Lipinski definition) is 2. The van der Waals surface area contributed by atoms with Crippen LogP contribution in [0.4, 0.5) is 34.9 Å². The minimum Gasteiger partial charge on any atom is -0.406 e. The summed E-state index contributed by atoms with van der Waals surface area (Å²) in [5.41, 5.74) is 3.01. The van der Waals surface area contributed by atoms with Gasteiger partial charge in [-0.1, -0.05) is 6.07 Å². The van der Waals surface area contributed by atoms with E-state index in [1.807, 2.05) is 6.26 Å². The third-order valence-corrected chi connectivity index (χ3v) is 7.27. The van der Waals surface area contributed by atoms with E-state index in [4.69, 9.17) is 4.74 Å². The highest BCUT2D eigenvalue weighted by atomic mass is 32.2. The Morgan fingerprint density at radius 1 is 1.05 bits per heavy atom. The summed E-state index contributed by atoms with van der Waals surface area (Å²) in [6.07, 6.45) is -1.33. The monoisotopic (exact) mass is 613 g/mol. The molecule has 43 heavy (non-hydrogen) atoms. The summed E-state index contributed by atoms with van der Waals surface area (Å²) in [7, 11) is 0. The van der Waals surface area contributed by atoms with Gasteiger partial charge in [0.2, 0.25) is 5.95 Å². The van der Waals surface area contributed by atoms with Crippen LogP contribution in [0.3, 0.4) is 0 Å². The maximum Gasteiger partial charge on any atom is 0.573 e. The SMILES string of the molecule is CSc1cnc(Nc2ccc(C(=O)Nc3cc(CN4CCOCC4)ccc3F)cc2)nc1-c1ccc(OC(F)(F)F)cc1. The van der Waals surface area contributed by atoms with Crippen LogP contribution >= 0.6 is 11.8 Å². The Kier molecular flexibility index (Phi) is 9.43. The van der Waals surface area contributed by atoms with Crippen LogP contribution in [0.2, 0.25) is 0 Å². The topological polar surface area (TPSA) is 88.6 Å². The van der Waals surface area contributed by atoms with Crippen LogP contribution in [0.1, 0.15) is 15.9 Å². The molecular weight excluding hydrogens is 586 g/mol. The zero-order valence-electron chi connectivity index (χ0n) is 23.0. The number of thioether (sulfide) groups is 1. The van der Waals surface area contributed by atoms with Gasteiger partial charge in [-0.25, -0.2) is 14.4 Å². The number of aromatic nitrogens is 2. The number of alkyl halides is 3. The molecular formula is C30H27F4N5O3S. The van der Waals surface area contributed by atoms with Crippen LogP contribution in [-0.4, -0.2) is 59.7 Å². The van der Waals surface area contributed by atoms with Gasteiger partial charge in [-0.2, -0.15) is 0 Å². The summed E-state index contributed by atoms with van der Waals surface area (Å²) in [5, 5.41) is 5.72. The lowest BCUT2D eigenvalue weighted by molar-refractivity contribution is -0.274. The summed E-state index contributed by atoms with van der Waals surface area (Å²) in [6, 6.07) is 16.6. The summed E-state index contributed by atoms with van der Waals surface area (Å²) < 4.78 is 61.4. The molecule has 0 atom stereocenters. The van der Waals surface area contributed by atoms with Crippen LogP contribution in [0.5, 0.6) is 5.75 Å². The number of rotatable bonds is 9. The van der Waals surface area contributed by atoms with Gasteiger partial charge in [0.25, 0.3) is 5.91 Å². The number of carbonyl (C=O) groups excluding carboxylic acids is 1. The molecule has 5 rings (SSSR count). The number of nitrogens with zero attached hydrogens (tertiary/aromatic N) is 3. The molecule has 4 aromatic rings. The van der Waals surface area contributed by atoms with Gasteiger partial charge in [0.1, 0.15) is 11.6 Å². The second-order valence-corrected chi connectivity index (χ2v) is 10.4. The number of ether oxygens (including phenoxy) is 2. The second kappa shape index (κ2) is 13.4. The van der Waals surface area contributed by atoms with E-state index in [1.54, 1.807) is 42.6 Å². The third-order valence-electron chi connectivity index (χ3n) is 6.53. The average Bonchev–Trinajstić information content (AvgIpc) is 2.99. The molecule has 1 amide bonds. The van der Waals surface area contributed by atoms with Crippen LogP contribution in [0.15, 0.2) is 77.8 Å². The Balaban J connectivity index is 1.25. The minimum atomic E-state index is -4.78. The molecule has 1 aliphatic rings. The molecule has 2 heterocycles. The van der Waals surface area contributed by atoms with Crippen molar-refractivity contribution in [3.8, 4) is 17.0 Å². The zero-order chi connectivity index (χ0) is 30.4. The number of benzene rings is 3. The summed E-state index contributed by atoms with van der Waals surface area (Å²) in [6.45, 7) is 3.53. The number of morpholine rings is 1. The molecule has 8 nitrogen and oxygen atoms in total. The Hall–Kier alpha value is -4.20. The van der Waals surface area contributed by atoms with Crippen LogP contribution < -0.4 is 15.4 Å². The van der Waals surface area contributed by atoms with E-state index in [0.717, 1.165) is 23.5 Å². The second-order valence-electron chi connectivity index (χ2n) is 9.54. The van der Waals surface area contributed by atoms with Crippen LogP contribution in [0.25, 0.3) is 11.3 Å². The first-order valence-corrected chi connectivity index (χ1v) is 14.4. The Morgan fingerprint density at radius 3 is 2.44 bits per heavy atom. The normalized spacial score (nSPS) is 13.9. The highest BCUT2D eigenvalue weighted by molar-refractivity contribution is 7.98. The van der Waals surface area contributed by atoms with Crippen molar-refractivity contribution in [1.82, 2.24) is 14.9 Å². The van der Waals surface area contributed by atoms with Crippen molar-refractivity contribution in [2.45, 2.75) is 17.8 Å². The summed E-state index contributed by atoms with van der Waals surface area (Å²) in [5.74, 6) is -1.07. The first-order chi connectivity index (χ1) is 20.7. The van der Waals surface area contributed by atoms with E-state index in [0.29, 0.717) is 42.3 Å². The molecule has 1 aromatic heterocycles. The Bertz CT molecular complexity index is 1560. The molecule has 1 aliphatic heterocycles. The van der Waals surface area contributed by atoms with E-state index in [1.165, 1.54) is 42.1 Å². The molecule has 13 heteroatoms. The minimum absolute atomic E-state index is 0.103. The van der Waals surface area contributed by atoms with Crippen molar-refractivity contribution in [2.24, 2.45) is 0 Å². The molecule has 0 saturated carbocycles. The fourth-order valence-corrected chi connectivity index (χ4v) is 4.93. The molecule has 2 N–H and O–H groups in total. The van der Waals surface area contributed by atoms with E-state index in [2.05, 4.69) is 30.2 Å². The van der Waals surface area contributed by atoms with Crippen molar-refractivity contribution in [2.75, 3.05) is 43.2 Å². The van der Waals surface area contributed by atoms with E-state index < -0.39 is 18.1 Å². The predicted molar refractivity (Wildman–Crippen MR) is 156 cm³/mol. The van der Waals surface area contributed by atoms with Gasteiger partial charge >= 0.3 is 6.36 Å². The van der Waals surface area contributed by atoms with Gasteiger partial charge in [0.05, 0.1) is 29.5 Å². The quantitative estimate of drug-likeness (QED) is 0.159. The van der Waals surface area contributed by atoms with Gasteiger partial charge in [-0.05, 0) is 72.5 Å². The number of hydrogen-bond acceptors (Lipinski definition) is 8. The molecule has 0 aliphatic carbocycles. The van der Waals surface area contributed by atoms with Gasteiger partial charge in [-0.15, -0.1) is 24.9 Å². The van der Waals surface area contributed by atoms with Crippen molar-refractivity contribution in [1.29, 1.82) is 0 Å². The largest absolute Gasteiger partial charge is 0.573 e. The number of halogens is 4. The highest BCUT2D eigenvalue weighted by Gasteiger charge is 2.31. The lowest BCUT2D eigenvalue weighted by atomic mass is 10.1.